The van der Waals surface area contributed by atoms with Gasteiger partial charge < -0.3 is 14.8 Å². The van der Waals surface area contributed by atoms with E-state index in [0.29, 0.717) is 6.54 Å². The molecule has 0 amide bonds. The predicted molar refractivity (Wildman–Crippen MR) is 76.7 cm³/mol. The molecule has 0 saturated heterocycles. The first-order valence-corrected chi connectivity index (χ1v) is 6.88. The molecular weight excluding hydrogens is 257 g/mol. The Morgan fingerprint density at radius 2 is 1.95 bits per heavy atom. The van der Waals surface area contributed by atoms with Gasteiger partial charge in [-0.05, 0) is 62.7 Å². The van der Waals surface area contributed by atoms with Crippen molar-refractivity contribution in [2.75, 3.05) is 6.54 Å². The second kappa shape index (κ2) is 7.22. The Morgan fingerprint density at radius 3 is 2.65 bits per heavy atom. The molecule has 3 nitrogen and oxygen atoms in total. The Morgan fingerprint density at radius 1 is 1.20 bits per heavy atom. The summed E-state index contributed by atoms with van der Waals surface area (Å²) in [6.07, 6.45) is 1.49. The van der Waals surface area contributed by atoms with Crippen LogP contribution in [0.25, 0.3) is 11.3 Å². The first-order valence-electron chi connectivity index (χ1n) is 6.88. The highest BCUT2D eigenvalue weighted by Crippen LogP contribution is 2.22. The Balaban J connectivity index is 1.82. The summed E-state index contributed by atoms with van der Waals surface area (Å²) in [5.41, 5.74) is 0.867. The fourth-order valence-corrected chi connectivity index (χ4v) is 1.98. The van der Waals surface area contributed by atoms with Crippen LogP contribution in [0.3, 0.4) is 0 Å². The van der Waals surface area contributed by atoms with Crippen molar-refractivity contribution in [3.8, 4) is 11.3 Å². The van der Waals surface area contributed by atoms with E-state index >= 15 is 0 Å². The van der Waals surface area contributed by atoms with E-state index < -0.39 is 0 Å². The zero-order chi connectivity index (χ0) is 14.4. The van der Waals surface area contributed by atoms with Gasteiger partial charge in [0.25, 0.3) is 0 Å². The van der Waals surface area contributed by atoms with Crippen LogP contribution in [0, 0.1) is 5.82 Å². The molecule has 4 heteroatoms. The summed E-state index contributed by atoms with van der Waals surface area (Å²) in [5.74, 6) is 1.34. The van der Waals surface area contributed by atoms with Gasteiger partial charge in [0.1, 0.15) is 17.3 Å². The first-order chi connectivity index (χ1) is 9.65. The summed E-state index contributed by atoms with van der Waals surface area (Å²) < 4.78 is 18.5. The third kappa shape index (κ3) is 4.47. The third-order valence-corrected chi connectivity index (χ3v) is 3.07. The molecule has 1 aromatic heterocycles. The van der Waals surface area contributed by atoms with E-state index in [1.54, 1.807) is 19.1 Å². The molecule has 20 heavy (non-hydrogen) atoms. The van der Waals surface area contributed by atoms with Gasteiger partial charge in [0, 0.05) is 5.56 Å². The lowest BCUT2D eigenvalue weighted by Gasteiger charge is -2.04. The van der Waals surface area contributed by atoms with E-state index in [1.165, 1.54) is 12.1 Å². The van der Waals surface area contributed by atoms with Crippen LogP contribution in [0.2, 0.25) is 0 Å². The number of furan rings is 1. The van der Waals surface area contributed by atoms with Gasteiger partial charge in [-0.15, -0.1) is 0 Å². The van der Waals surface area contributed by atoms with Crippen LogP contribution in [-0.4, -0.2) is 17.8 Å². The van der Waals surface area contributed by atoms with Crippen molar-refractivity contribution in [2.24, 2.45) is 0 Å². The topological polar surface area (TPSA) is 45.4 Å². The van der Waals surface area contributed by atoms with Crippen molar-refractivity contribution in [3.05, 3.63) is 48.0 Å². The fraction of sp³-hybridized carbons (Fsp3) is 0.375. The molecule has 0 spiro atoms. The van der Waals surface area contributed by atoms with E-state index in [0.717, 1.165) is 36.5 Å². The molecule has 108 valence electrons. The molecule has 2 rings (SSSR count). The van der Waals surface area contributed by atoms with Crippen molar-refractivity contribution in [3.63, 3.8) is 0 Å². The number of hydrogen-bond acceptors (Lipinski definition) is 3. The van der Waals surface area contributed by atoms with Gasteiger partial charge in [0.15, 0.2) is 0 Å². The molecule has 1 aromatic carbocycles. The molecule has 0 aliphatic rings. The second-order valence-electron chi connectivity index (χ2n) is 4.94. The summed E-state index contributed by atoms with van der Waals surface area (Å²) >= 11 is 0. The minimum atomic E-state index is -0.250. The molecule has 1 heterocycles. The number of rotatable bonds is 7. The SMILES string of the molecule is CC(O)CCCNCc1ccc(-c2ccc(F)cc2)o1. The Labute approximate surface area is 118 Å². The molecule has 1 unspecified atom stereocenters. The molecule has 2 N–H and O–H groups in total. The zero-order valence-corrected chi connectivity index (χ0v) is 11.6. The van der Waals surface area contributed by atoms with Gasteiger partial charge in [-0.2, -0.15) is 0 Å². The Kier molecular flexibility index (Phi) is 5.32. The highest BCUT2D eigenvalue weighted by atomic mass is 19.1. The van der Waals surface area contributed by atoms with E-state index in [9.17, 15) is 4.39 Å². The number of hydrogen-bond donors (Lipinski definition) is 2. The average molecular weight is 277 g/mol. The summed E-state index contributed by atoms with van der Waals surface area (Å²) in [5, 5.41) is 12.4. The lowest BCUT2D eigenvalue weighted by molar-refractivity contribution is 0.181. The molecular formula is C16H20FNO2. The molecule has 1 atom stereocenters. The van der Waals surface area contributed by atoms with Crippen LogP contribution < -0.4 is 5.32 Å². The maximum Gasteiger partial charge on any atom is 0.134 e. The van der Waals surface area contributed by atoms with Crippen molar-refractivity contribution >= 4 is 0 Å². The normalized spacial score (nSPS) is 12.6. The minimum absolute atomic E-state index is 0.245. The summed E-state index contributed by atoms with van der Waals surface area (Å²) in [6.45, 7) is 3.29. The predicted octanol–water partition coefficient (Wildman–Crippen LogP) is 3.34. The molecule has 0 bridgehead atoms. The molecule has 0 aliphatic carbocycles. The molecule has 0 radical (unpaired) electrons. The van der Waals surface area contributed by atoms with Crippen LogP contribution in [0.4, 0.5) is 4.39 Å². The van der Waals surface area contributed by atoms with E-state index in [2.05, 4.69) is 5.32 Å². The van der Waals surface area contributed by atoms with Crippen LogP contribution in [-0.2, 0) is 6.54 Å². The standard InChI is InChI=1S/C16H20FNO2/c1-12(19)3-2-10-18-11-15-8-9-16(20-15)13-4-6-14(17)7-5-13/h4-9,12,18-19H,2-3,10-11H2,1H3. The monoisotopic (exact) mass is 277 g/mol. The summed E-state index contributed by atoms with van der Waals surface area (Å²) in [4.78, 5) is 0. The Bertz CT molecular complexity index is 520. The van der Waals surface area contributed by atoms with Crippen LogP contribution in [0.15, 0.2) is 40.8 Å². The third-order valence-electron chi connectivity index (χ3n) is 3.07. The summed E-state index contributed by atoms with van der Waals surface area (Å²) in [7, 11) is 0. The van der Waals surface area contributed by atoms with E-state index in [1.807, 2.05) is 12.1 Å². The molecule has 0 saturated carbocycles. The lowest BCUT2D eigenvalue weighted by atomic mass is 10.2. The maximum absolute atomic E-state index is 12.8. The van der Waals surface area contributed by atoms with Gasteiger partial charge >= 0.3 is 0 Å². The minimum Gasteiger partial charge on any atom is -0.460 e. The van der Waals surface area contributed by atoms with Crippen molar-refractivity contribution < 1.29 is 13.9 Å². The Hall–Kier alpha value is -1.65. The summed E-state index contributed by atoms with van der Waals surface area (Å²) in [6, 6.07) is 10.1. The molecule has 0 aliphatic heterocycles. The van der Waals surface area contributed by atoms with Gasteiger partial charge in [-0.1, -0.05) is 0 Å². The maximum atomic E-state index is 12.8. The average Bonchev–Trinajstić information content (AvgIpc) is 2.87. The fourth-order valence-electron chi connectivity index (χ4n) is 1.98. The number of benzene rings is 1. The quantitative estimate of drug-likeness (QED) is 0.763. The number of halogens is 1. The van der Waals surface area contributed by atoms with Crippen LogP contribution in [0.5, 0.6) is 0 Å². The molecule has 0 fully saturated rings. The van der Waals surface area contributed by atoms with Crippen molar-refractivity contribution in [1.82, 2.24) is 5.32 Å². The van der Waals surface area contributed by atoms with Gasteiger partial charge in [-0.3, -0.25) is 0 Å². The molecule has 2 aromatic rings. The van der Waals surface area contributed by atoms with Crippen LogP contribution in [0.1, 0.15) is 25.5 Å². The second-order valence-corrected chi connectivity index (χ2v) is 4.94. The number of aliphatic hydroxyl groups excluding tert-OH is 1. The smallest absolute Gasteiger partial charge is 0.134 e. The number of aliphatic hydroxyl groups is 1. The van der Waals surface area contributed by atoms with E-state index in [-0.39, 0.29) is 11.9 Å². The van der Waals surface area contributed by atoms with Gasteiger partial charge in [0.2, 0.25) is 0 Å². The number of nitrogens with one attached hydrogen (secondary N) is 1. The lowest BCUT2D eigenvalue weighted by Crippen LogP contribution is -2.15. The highest BCUT2D eigenvalue weighted by molar-refractivity contribution is 5.57. The van der Waals surface area contributed by atoms with Crippen molar-refractivity contribution in [1.29, 1.82) is 0 Å². The van der Waals surface area contributed by atoms with E-state index in [4.69, 9.17) is 9.52 Å². The first kappa shape index (κ1) is 14.8. The van der Waals surface area contributed by atoms with Crippen LogP contribution >= 0.6 is 0 Å². The van der Waals surface area contributed by atoms with Crippen molar-refractivity contribution in [2.45, 2.75) is 32.4 Å². The highest BCUT2D eigenvalue weighted by Gasteiger charge is 2.04. The zero-order valence-electron chi connectivity index (χ0n) is 11.6. The largest absolute Gasteiger partial charge is 0.460 e. The van der Waals surface area contributed by atoms with Gasteiger partial charge in [-0.25, -0.2) is 4.39 Å². The van der Waals surface area contributed by atoms with Gasteiger partial charge in [0.05, 0.1) is 12.6 Å².